The number of nitrogens with one attached hydrogen (secondary N) is 2. The summed E-state index contributed by atoms with van der Waals surface area (Å²) < 4.78 is 2.02. The zero-order chi connectivity index (χ0) is 13.0. The van der Waals surface area contributed by atoms with Crippen molar-refractivity contribution in [2.75, 3.05) is 24.2 Å². The molecule has 0 saturated heterocycles. The summed E-state index contributed by atoms with van der Waals surface area (Å²) in [6, 6.07) is 0. The minimum atomic E-state index is 0.759. The van der Waals surface area contributed by atoms with Gasteiger partial charge in [0, 0.05) is 38.1 Å². The molecule has 0 aliphatic rings. The van der Waals surface area contributed by atoms with Crippen LogP contribution in [0.5, 0.6) is 0 Å². The molecular formula is C12H18N6. The van der Waals surface area contributed by atoms with Gasteiger partial charge in [-0.1, -0.05) is 0 Å². The highest BCUT2D eigenvalue weighted by molar-refractivity contribution is 5.56. The molecule has 96 valence electrons. The first-order valence-electron chi connectivity index (χ1n) is 5.93. The van der Waals surface area contributed by atoms with Gasteiger partial charge in [0.25, 0.3) is 0 Å². The van der Waals surface area contributed by atoms with E-state index in [2.05, 4.69) is 25.6 Å². The lowest BCUT2D eigenvalue weighted by Crippen LogP contribution is -2.13. The lowest BCUT2D eigenvalue weighted by atomic mass is 10.3. The van der Waals surface area contributed by atoms with Crippen LogP contribution in [0.1, 0.15) is 11.4 Å². The van der Waals surface area contributed by atoms with Crippen LogP contribution < -0.4 is 10.6 Å². The first-order valence-corrected chi connectivity index (χ1v) is 5.93. The van der Waals surface area contributed by atoms with Crippen LogP contribution in [0.3, 0.4) is 0 Å². The maximum Gasteiger partial charge on any atom is 0.134 e. The number of hydrogen-bond acceptors (Lipinski definition) is 5. The fraction of sp³-hybridized carbons (Fsp3) is 0.417. The van der Waals surface area contributed by atoms with Crippen LogP contribution in [0, 0.1) is 13.8 Å². The summed E-state index contributed by atoms with van der Waals surface area (Å²) in [6.07, 6.45) is 5.52. The molecule has 0 atom stereocenters. The molecule has 0 saturated carbocycles. The van der Waals surface area contributed by atoms with Gasteiger partial charge in [-0.2, -0.15) is 0 Å². The van der Waals surface area contributed by atoms with Crippen molar-refractivity contribution in [1.29, 1.82) is 0 Å². The lowest BCUT2D eigenvalue weighted by molar-refractivity contribution is 0.724. The lowest BCUT2D eigenvalue weighted by Gasteiger charge is -2.12. The van der Waals surface area contributed by atoms with E-state index < -0.39 is 0 Å². The Morgan fingerprint density at radius 3 is 2.67 bits per heavy atom. The van der Waals surface area contributed by atoms with Gasteiger partial charge in [-0.15, -0.1) is 0 Å². The molecule has 0 aromatic carbocycles. The molecular weight excluding hydrogens is 228 g/mol. The van der Waals surface area contributed by atoms with Crippen molar-refractivity contribution in [3.8, 4) is 0 Å². The zero-order valence-electron chi connectivity index (χ0n) is 10.9. The average molecular weight is 246 g/mol. The number of aromatic nitrogens is 4. The summed E-state index contributed by atoms with van der Waals surface area (Å²) >= 11 is 0. The molecule has 2 heterocycles. The molecule has 0 radical (unpaired) electrons. The first-order chi connectivity index (χ1) is 8.70. The van der Waals surface area contributed by atoms with Crippen molar-refractivity contribution < 1.29 is 0 Å². The summed E-state index contributed by atoms with van der Waals surface area (Å²) in [5.74, 6) is 2.51. The quantitative estimate of drug-likeness (QED) is 0.835. The van der Waals surface area contributed by atoms with Crippen LogP contribution >= 0.6 is 0 Å². The Hall–Kier alpha value is -2.11. The summed E-state index contributed by atoms with van der Waals surface area (Å²) in [5, 5.41) is 6.40. The highest BCUT2D eigenvalue weighted by atomic mass is 15.1. The summed E-state index contributed by atoms with van der Waals surface area (Å²) in [4.78, 5) is 12.8. The molecule has 18 heavy (non-hydrogen) atoms. The van der Waals surface area contributed by atoms with Gasteiger partial charge < -0.3 is 15.2 Å². The first kappa shape index (κ1) is 12.3. The van der Waals surface area contributed by atoms with E-state index in [0.717, 1.165) is 36.1 Å². The molecule has 2 N–H and O–H groups in total. The second-order valence-corrected chi connectivity index (χ2v) is 4.07. The summed E-state index contributed by atoms with van der Waals surface area (Å²) in [5.41, 5.74) is 1.04. The predicted molar refractivity (Wildman–Crippen MR) is 71.8 cm³/mol. The van der Waals surface area contributed by atoms with Crippen LogP contribution in [0.2, 0.25) is 0 Å². The van der Waals surface area contributed by atoms with Crippen molar-refractivity contribution in [1.82, 2.24) is 19.5 Å². The molecule has 6 nitrogen and oxygen atoms in total. The Morgan fingerprint density at radius 1 is 1.22 bits per heavy atom. The molecule has 0 unspecified atom stereocenters. The standard InChI is InChI=1S/C12H18N6/c1-9-11(13-3)16-10(2)17-12(9)15-5-7-18-6-4-14-8-18/h4,6,8H,5,7H2,1-3H3,(H2,13,15,16,17). The maximum atomic E-state index is 4.41. The third kappa shape index (κ3) is 2.77. The molecule has 2 aromatic heterocycles. The van der Waals surface area contributed by atoms with Gasteiger partial charge >= 0.3 is 0 Å². The van der Waals surface area contributed by atoms with Crippen molar-refractivity contribution in [2.45, 2.75) is 20.4 Å². The molecule has 2 rings (SSSR count). The van der Waals surface area contributed by atoms with E-state index in [-0.39, 0.29) is 0 Å². The molecule has 0 aliphatic carbocycles. The minimum absolute atomic E-state index is 0.759. The van der Waals surface area contributed by atoms with Crippen LogP contribution in [-0.2, 0) is 6.54 Å². The fourth-order valence-corrected chi connectivity index (χ4v) is 1.77. The molecule has 0 spiro atoms. The topological polar surface area (TPSA) is 67.7 Å². The molecule has 0 aliphatic heterocycles. The van der Waals surface area contributed by atoms with E-state index >= 15 is 0 Å². The van der Waals surface area contributed by atoms with Gasteiger partial charge in [0.05, 0.1) is 6.33 Å². The highest BCUT2D eigenvalue weighted by Crippen LogP contribution is 2.18. The molecule has 0 fully saturated rings. The average Bonchev–Trinajstić information content (AvgIpc) is 2.86. The van der Waals surface area contributed by atoms with E-state index in [0.29, 0.717) is 0 Å². The number of aryl methyl sites for hydroxylation is 1. The van der Waals surface area contributed by atoms with E-state index in [4.69, 9.17) is 0 Å². The molecule has 6 heteroatoms. The number of imidazole rings is 1. The van der Waals surface area contributed by atoms with E-state index in [1.54, 1.807) is 12.5 Å². The monoisotopic (exact) mass is 246 g/mol. The number of nitrogens with zero attached hydrogens (tertiary/aromatic N) is 4. The van der Waals surface area contributed by atoms with Crippen LogP contribution in [0.25, 0.3) is 0 Å². The van der Waals surface area contributed by atoms with Crippen molar-refractivity contribution in [3.63, 3.8) is 0 Å². The molecule has 0 bridgehead atoms. The Balaban J connectivity index is 2.02. The Kier molecular flexibility index (Phi) is 3.76. The number of hydrogen-bond donors (Lipinski definition) is 2. The van der Waals surface area contributed by atoms with Crippen molar-refractivity contribution >= 4 is 11.6 Å². The van der Waals surface area contributed by atoms with Crippen LogP contribution in [0.15, 0.2) is 18.7 Å². The number of rotatable bonds is 5. The molecule has 2 aromatic rings. The van der Waals surface area contributed by atoms with Crippen molar-refractivity contribution in [3.05, 3.63) is 30.1 Å². The third-order valence-corrected chi connectivity index (χ3v) is 2.72. The normalized spacial score (nSPS) is 10.4. The summed E-state index contributed by atoms with van der Waals surface area (Å²) in [6.45, 7) is 5.56. The fourth-order valence-electron chi connectivity index (χ4n) is 1.77. The third-order valence-electron chi connectivity index (χ3n) is 2.72. The minimum Gasteiger partial charge on any atom is -0.373 e. The van der Waals surface area contributed by atoms with Gasteiger partial charge in [-0.05, 0) is 13.8 Å². The van der Waals surface area contributed by atoms with Crippen LogP contribution in [0.4, 0.5) is 11.6 Å². The second kappa shape index (κ2) is 5.48. The Bertz CT molecular complexity index is 506. The summed E-state index contributed by atoms with van der Waals surface area (Å²) in [7, 11) is 1.87. The van der Waals surface area contributed by atoms with Gasteiger partial charge in [-0.3, -0.25) is 0 Å². The van der Waals surface area contributed by atoms with Gasteiger partial charge in [-0.25, -0.2) is 15.0 Å². The van der Waals surface area contributed by atoms with E-state index in [9.17, 15) is 0 Å². The van der Waals surface area contributed by atoms with Crippen LogP contribution in [-0.4, -0.2) is 33.1 Å². The van der Waals surface area contributed by atoms with E-state index in [1.165, 1.54) is 0 Å². The molecule has 0 amide bonds. The number of anilines is 2. The second-order valence-electron chi connectivity index (χ2n) is 4.07. The Morgan fingerprint density at radius 2 is 2.00 bits per heavy atom. The SMILES string of the molecule is CNc1nc(C)nc(NCCn2ccnc2)c1C. The predicted octanol–water partition coefficient (Wildman–Crippen LogP) is 1.44. The zero-order valence-corrected chi connectivity index (χ0v) is 10.9. The largest absolute Gasteiger partial charge is 0.373 e. The maximum absolute atomic E-state index is 4.41. The van der Waals surface area contributed by atoms with Gasteiger partial charge in [0.1, 0.15) is 17.5 Å². The highest BCUT2D eigenvalue weighted by Gasteiger charge is 2.07. The van der Waals surface area contributed by atoms with Gasteiger partial charge in [0.15, 0.2) is 0 Å². The Labute approximate surface area is 106 Å². The smallest absolute Gasteiger partial charge is 0.134 e. The van der Waals surface area contributed by atoms with Crippen molar-refractivity contribution in [2.24, 2.45) is 0 Å². The van der Waals surface area contributed by atoms with E-state index in [1.807, 2.05) is 31.7 Å². The van der Waals surface area contributed by atoms with Gasteiger partial charge in [0.2, 0.25) is 0 Å².